The van der Waals surface area contributed by atoms with Gasteiger partial charge in [0.25, 0.3) is 11.8 Å². The van der Waals surface area contributed by atoms with Crippen LogP contribution in [0.15, 0.2) is 60.8 Å². The molecule has 1 aliphatic heterocycles. The van der Waals surface area contributed by atoms with E-state index in [1.165, 1.54) is 21.7 Å². The molecule has 0 unspecified atom stereocenters. The minimum atomic E-state index is -1.15. The third kappa shape index (κ3) is 4.90. The molecular formula is C27H24FN5O4. The Morgan fingerprint density at radius 1 is 1.19 bits per heavy atom. The normalized spacial score (nSPS) is 15.4. The van der Waals surface area contributed by atoms with Crippen LogP contribution in [0.5, 0.6) is 5.75 Å². The van der Waals surface area contributed by atoms with E-state index < -0.39 is 17.6 Å². The molecule has 0 fully saturated rings. The molecule has 2 N–H and O–H groups in total. The molecule has 1 atom stereocenters. The average molecular weight is 502 g/mol. The first-order valence-electron chi connectivity index (χ1n) is 11.5. The Hall–Kier alpha value is -4.62. The van der Waals surface area contributed by atoms with Gasteiger partial charge in [-0.1, -0.05) is 11.8 Å². The van der Waals surface area contributed by atoms with Crippen LogP contribution in [0.1, 0.15) is 29.9 Å². The van der Waals surface area contributed by atoms with Crippen molar-refractivity contribution in [1.82, 2.24) is 19.7 Å². The minimum Gasteiger partial charge on any atom is -0.489 e. The SMILES string of the molecule is CN1C(=O)[C@@H](NC(=O)c2cc3ccn(-c4ccc(F)cc4)n3n2)COc2ccc(C#CC(C)(C)O)cc21. The third-order valence-corrected chi connectivity index (χ3v) is 5.80. The zero-order valence-corrected chi connectivity index (χ0v) is 20.4. The topological polar surface area (TPSA) is 101 Å². The van der Waals surface area contributed by atoms with Gasteiger partial charge in [-0.15, -0.1) is 5.10 Å². The Labute approximate surface area is 212 Å². The van der Waals surface area contributed by atoms with E-state index in [1.807, 2.05) is 0 Å². The number of carbonyl (C=O) groups excluding carboxylic acids is 2. The number of hydrogen-bond acceptors (Lipinski definition) is 5. The fourth-order valence-corrected chi connectivity index (χ4v) is 3.92. The number of aromatic nitrogens is 3. The number of rotatable bonds is 3. The van der Waals surface area contributed by atoms with E-state index >= 15 is 0 Å². The molecule has 5 rings (SSSR count). The van der Waals surface area contributed by atoms with Crippen LogP contribution in [0.3, 0.4) is 0 Å². The number of anilines is 1. The van der Waals surface area contributed by atoms with Crippen molar-refractivity contribution in [2.45, 2.75) is 25.5 Å². The van der Waals surface area contributed by atoms with Gasteiger partial charge in [0.2, 0.25) is 0 Å². The van der Waals surface area contributed by atoms with Crippen molar-refractivity contribution in [3.05, 3.63) is 77.9 Å². The van der Waals surface area contributed by atoms with Gasteiger partial charge in [-0.25, -0.2) is 9.07 Å². The van der Waals surface area contributed by atoms with Crippen molar-refractivity contribution in [2.75, 3.05) is 18.6 Å². The zero-order valence-electron chi connectivity index (χ0n) is 20.4. The molecule has 4 aromatic rings. The molecule has 0 bridgehead atoms. The van der Waals surface area contributed by atoms with Crippen LogP contribution < -0.4 is 15.0 Å². The summed E-state index contributed by atoms with van der Waals surface area (Å²) in [6, 6.07) is 13.5. The Kier molecular flexibility index (Phi) is 5.93. The van der Waals surface area contributed by atoms with E-state index in [9.17, 15) is 19.1 Å². The minimum absolute atomic E-state index is 0.0637. The van der Waals surface area contributed by atoms with Crippen molar-refractivity contribution in [3.8, 4) is 23.3 Å². The number of nitrogens with zero attached hydrogens (tertiary/aromatic N) is 4. The van der Waals surface area contributed by atoms with Gasteiger partial charge in [-0.05, 0) is 68.4 Å². The molecule has 1 aliphatic rings. The summed E-state index contributed by atoms with van der Waals surface area (Å²) in [6.45, 7) is 3.10. The molecule has 3 heterocycles. The maximum Gasteiger partial charge on any atom is 0.272 e. The van der Waals surface area contributed by atoms with Gasteiger partial charge in [0.1, 0.15) is 29.8 Å². The summed E-state index contributed by atoms with van der Waals surface area (Å²) in [5.41, 5.74) is 1.41. The molecule has 0 saturated heterocycles. The summed E-state index contributed by atoms with van der Waals surface area (Å²) in [4.78, 5) is 27.6. The van der Waals surface area contributed by atoms with Crippen LogP contribution in [-0.2, 0) is 4.79 Å². The molecule has 2 amide bonds. The average Bonchev–Trinajstić information content (AvgIpc) is 3.43. The van der Waals surface area contributed by atoms with E-state index in [-0.39, 0.29) is 24.0 Å². The van der Waals surface area contributed by atoms with E-state index in [0.717, 1.165) is 0 Å². The van der Waals surface area contributed by atoms with Gasteiger partial charge in [0.15, 0.2) is 5.69 Å². The molecule has 9 nitrogen and oxygen atoms in total. The summed E-state index contributed by atoms with van der Waals surface area (Å²) in [7, 11) is 1.60. The molecular weight excluding hydrogens is 477 g/mol. The highest BCUT2D eigenvalue weighted by Crippen LogP contribution is 2.31. The number of hydrogen-bond donors (Lipinski definition) is 2. The van der Waals surface area contributed by atoms with Crippen LogP contribution >= 0.6 is 0 Å². The fourth-order valence-electron chi connectivity index (χ4n) is 3.92. The third-order valence-electron chi connectivity index (χ3n) is 5.80. The number of ether oxygens (including phenoxy) is 1. The lowest BCUT2D eigenvalue weighted by Gasteiger charge is -2.20. The maximum atomic E-state index is 13.3. The van der Waals surface area contributed by atoms with Crippen LogP contribution in [-0.4, -0.2) is 56.6 Å². The van der Waals surface area contributed by atoms with Crippen molar-refractivity contribution in [3.63, 3.8) is 0 Å². The molecule has 10 heteroatoms. The number of nitrogens with one attached hydrogen (secondary N) is 1. The van der Waals surface area contributed by atoms with Gasteiger partial charge >= 0.3 is 0 Å². The smallest absolute Gasteiger partial charge is 0.272 e. The zero-order chi connectivity index (χ0) is 26.3. The molecule has 37 heavy (non-hydrogen) atoms. The van der Waals surface area contributed by atoms with Gasteiger partial charge in [-0.3, -0.25) is 9.59 Å². The van der Waals surface area contributed by atoms with E-state index in [1.54, 1.807) is 74.2 Å². The number of fused-ring (bicyclic) bond motifs is 2. The number of benzene rings is 2. The van der Waals surface area contributed by atoms with Gasteiger partial charge < -0.3 is 20.1 Å². The molecule has 2 aromatic carbocycles. The number of amides is 2. The highest BCUT2D eigenvalue weighted by atomic mass is 19.1. The monoisotopic (exact) mass is 501 g/mol. The van der Waals surface area contributed by atoms with Crippen molar-refractivity contribution >= 4 is 23.0 Å². The fraction of sp³-hybridized carbons (Fsp3) is 0.222. The second-order valence-corrected chi connectivity index (χ2v) is 9.21. The predicted octanol–water partition coefficient (Wildman–Crippen LogP) is 2.54. The van der Waals surface area contributed by atoms with Crippen LogP contribution in [0, 0.1) is 17.7 Å². The molecule has 2 aromatic heterocycles. The highest BCUT2D eigenvalue weighted by Gasteiger charge is 2.31. The van der Waals surface area contributed by atoms with E-state index in [4.69, 9.17) is 4.74 Å². The molecule has 0 spiro atoms. The second kappa shape index (κ2) is 9.11. The first-order valence-corrected chi connectivity index (χ1v) is 11.5. The Morgan fingerprint density at radius 3 is 2.68 bits per heavy atom. The van der Waals surface area contributed by atoms with Gasteiger partial charge in [0.05, 0.1) is 16.9 Å². The lowest BCUT2D eigenvalue weighted by Crippen LogP contribution is -2.49. The molecule has 188 valence electrons. The first-order chi connectivity index (χ1) is 17.6. The Bertz CT molecular complexity index is 1570. The molecule has 0 saturated carbocycles. The Balaban J connectivity index is 1.35. The summed E-state index contributed by atoms with van der Waals surface area (Å²) in [6.07, 6.45) is 1.76. The quantitative estimate of drug-likeness (QED) is 0.420. The summed E-state index contributed by atoms with van der Waals surface area (Å²) in [5.74, 6) is 4.86. The van der Waals surface area contributed by atoms with Crippen molar-refractivity contribution in [2.24, 2.45) is 0 Å². The highest BCUT2D eigenvalue weighted by molar-refractivity contribution is 6.03. The lowest BCUT2D eigenvalue weighted by molar-refractivity contribution is -0.120. The Morgan fingerprint density at radius 2 is 1.95 bits per heavy atom. The maximum absolute atomic E-state index is 13.3. The van der Waals surface area contributed by atoms with Crippen LogP contribution in [0.4, 0.5) is 10.1 Å². The van der Waals surface area contributed by atoms with Gasteiger partial charge in [-0.2, -0.15) is 4.63 Å². The summed E-state index contributed by atoms with van der Waals surface area (Å²) in [5, 5.41) is 16.9. The number of likely N-dealkylation sites (N-methyl/N-ethyl adjacent to an activating group) is 1. The van der Waals surface area contributed by atoms with Crippen molar-refractivity contribution < 1.29 is 23.8 Å². The van der Waals surface area contributed by atoms with Crippen LogP contribution in [0.2, 0.25) is 0 Å². The van der Waals surface area contributed by atoms with E-state index in [0.29, 0.717) is 28.2 Å². The van der Waals surface area contributed by atoms with E-state index in [2.05, 4.69) is 22.3 Å². The van der Waals surface area contributed by atoms with Crippen LogP contribution in [0.25, 0.3) is 11.2 Å². The predicted molar refractivity (Wildman–Crippen MR) is 134 cm³/mol. The first kappa shape index (κ1) is 24.1. The summed E-state index contributed by atoms with van der Waals surface area (Å²) < 4.78 is 22.3. The summed E-state index contributed by atoms with van der Waals surface area (Å²) >= 11 is 0. The standard InChI is InChI=1S/C27H24FN5O4/c1-27(2,36)12-10-17-4-9-24-23(14-17)31(3)26(35)22(16-37-24)29-25(34)21-15-20-11-13-32(33(20)30-21)19-7-5-18(28)6-8-19/h4-9,11,13-15,22,36H,16H2,1-3H3,(H,29,34)/t22-/m0/s1. The van der Waals surface area contributed by atoms with Crippen molar-refractivity contribution in [1.29, 1.82) is 0 Å². The largest absolute Gasteiger partial charge is 0.489 e. The number of carbonyl (C=O) groups is 2. The molecule has 0 aliphatic carbocycles. The lowest BCUT2D eigenvalue weighted by atomic mass is 10.1. The number of halogens is 1. The molecule has 0 radical (unpaired) electrons. The second-order valence-electron chi connectivity index (χ2n) is 9.21. The van der Waals surface area contributed by atoms with Gasteiger partial charge in [0, 0.05) is 18.8 Å². The number of aliphatic hydroxyl groups is 1.